The SMILES string of the molecule is CCC(C(=O)O)N(C)C(C)c1ccc(F)cn1. The number of halogens is 1. The minimum absolute atomic E-state index is 0.170. The lowest BCUT2D eigenvalue weighted by Crippen LogP contribution is -2.39. The molecule has 94 valence electrons. The summed E-state index contributed by atoms with van der Waals surface area (Å²) in [4.78, 5) is 16.7. The normalized spacial score (nSPS) is 14.6. The first-order chi connectivity index (χ1) is 7.97. The first-order valence-corrected chi connectivity index (χ1v) is 5.53. The number of aliphatic carboxylic acids is 1. The van der Waals surface area contributed by atoms with Crippen LogP contribution in [0.25, 0.3) is 0 Å². The summed E-state index contributed by atoms with van der Waals surface area (Å²) in [5.41, 5.74) is 0.661. The van der Waals surface area contributed by atoms with Gasteiger partial charge in [-0.2, -0.15) is 0 Å². The Morgan fingerprint density at radius 3 is 2.65 bits per heavy atom. The molecule has 5 heteroatoms. The van der Waals surface area contributed by atoms with Gasteiger partial charge in [0.2, 0.25) is 0 Å². The molecule has 0 aliphatic heterocycles. The van der Waals surface area contributed by atoms with Gasteiger partial charge in [0.05, 0.1) is 11.9 Å². The standard InChI is InChI=1S/C12H17FN2O2/c1-4-11(12(16)17)15(3)8(2)10-6-5-9(13)7-14-10/h5-8,11H,4H2,1-3H3,(H,16,17). The minimum Gasteiger partial charge on any atom is -0.480 e. The van der Waals surface area contributed by atoms with Crippen molar-refractivity contribution in [2.45, 2.75) is 32.4 Å². The van der Waals surface area contributed by atoms with Crippen molar-refractivity contribution in [3.63, 3.8) is 0 Å². The highest BCUT2D eigenvalue weighted by molar-refractivity contribution is 5.73. The molecule has 0 amide bonds. The van der Waals surface area contributed by atoms with E-state index in [-0.39, 0.29) is 6.04 Å². The summed E-state index contributed by atoms with van der Waals surface area (Å²) < 4.78 is 12.7. The van der Waals surface area contributed by atoms with Gasteiger partial charge in [-0.1, -0.05) is 6.92 Å². The maximum Gasteiger partial charge on any atom is 0.320 e. The molecule has 0 aromatic carbocycles. The zero-order valence-electron chi connectivity index (χ0n) is 10.2. The summed E-state index contributed by atoms with van der Waals surface area (Å²) >= 11 is 0. The molecule has 0 spiro atoms. The average molecular weight is 240 g/mol. The van der Waals surface area contributed by atoms with Crippen molar-refractivity contribution in [3.05, 3.63) is 29.8 Å². The lowest BCUT2D eigenvalue weighted by Gasteiger charge is -2.29. The molecule has 1 heterocycles. The molecule has 0 aliphatic rings. The van der Waals surface area contributed by atoms with Crippen LogP contribution in [0.1, 0.15) is 32.0 Å². The number of carbonyl (C=O) groups is 1. The number of aromatic nitrogens is 1. The van der Waals surface area contributed by atoms with Gasteiger partial charge in [0.15, 0.2) is 0 Å². The Morgan fingerprint density at radius 2 is 2.24 bits per heavy atom. The first kappa shape index (κ1) is 13.6. The van der Waals surface area contributed by atoms with Crippen LogP contribution in [0.5, 0.6) is 0 Å². The number of hydrogen-bond donors (Lipinski definition) is 1. The summed E-state index contributed by atoms with van der Waals surface area (Å²) in [7, 11) is 1.73. The van der Waals surface area contributed by atoms with Crippen molar-refractivity contribution >= 4 is 5.97 Å². The zero-order chi connectivity index (χ0) is 13.0. The van der Waals surface area contributed by atoms with Gasteiger partial charge in [-0.25, -0.2) is 4.39 Å². The minimum atomic E-state index is -0.857. The molecule has 1 N–H and O–H groups in total. The quantitative estimate of drug-likeness (QED) is 0.856. The van der Waals surface area contributed by atoms with E-state index in [9.17, 15) is 9.18 Å². The van der Waals surface area contributed by atoms with Crippen LogP contribution in [0.2, 0.25) is 0 Å². The van der Waals surface area contributed by atoms with Crippen molar-refractivity contribution in [1.29, 1.82) is 0 Å². The molecule has 0 radical (unpaired) electrons. The van der Waals surface area contributed by atoms with Crippen LogP contribution >= 0.6 is 0 Å². The van der Waals surface area contributed by atoms with Crippen molar-refractivity contribution < 1.29 is 14.3 Å². The van der Waals surface area contributed by atoms with Crippen LogP contribution in [0.4, 0.5) is 4.39 Å². The lowest BCUT2D eigenvalue weighted by atomic mass is 10.1. The summed E-state index contributed by atoms with van der Waals surface area (Å²) in [6, 6.07) is 2.17. The van der Waals surface area contributed by atoms with Gasteiger partial charge in [0, 0.05) is 6.04 Å². The molecule has 2 atom stereocenters. The highest BCUT2D eigenvalue weighted by atomic mass is 19.1. The molecule has 1 aromatic rings. The molecular formula is C12H17FN2O2. The highest BCUT2D eigenvalue weighted by Crippen LogP contribution is 2.20. The third kappa shape index (κ3) is 3.23. The Balaban J connectivity index is 2.84. The molecule has 17 heavy (non-hydrogen) atoms. The summed E-state index contributed by atoms with van der Waals surface area (Å²) in [5.74, 6) is -1.25. The van der Waals surface area contributed by atoms with Gasteiger partial charge in [0.25, 0.3) is 0 Å². The molecule has 2 unspecified atom stereocenters. The van der Waals surface area contributed by atoms with Crippen LogP contribution in [0.15, 0.2) is 18.3 Å². The zero-order valence-corrected chi connectivity index (χ0v) is 10.2. The fourth-order valence-electron chi connectivity index (χ4n) is 1.75. The van der Waals surface area contributed by atoms with Crippen LogP contribution in [-0.2, 0) is 4.79 Å². The van der Waals surface area contributed by atoms with Crippen LogP contribution in [0.3, 0.4) is 0 Å². The second kappa shape index (κ2) is 5.72. The van der Waals surface area contributed by atoms with E-state index in [4.69, 9.17) is 5.11 Å². The van der Waals surface area contributed by atoms with E-state index < -0.39 is 17.8 Å². The first-order valence-electron chi connectivity index (χ1n) is 5.53. The number of carboxylic acid groups (broad SMARTS) is 1. The number of likely N-dealkylation sites (N-methyl/N-ethyl adjacent to an activating group) is 1. The molecule has 1 rings (SSSR count). The lowest BCUT2D eigenvalue weighted by molar-refractivity contribution is -0.143. The van der Waals surface area contributed by atoms with Crippen molar-refractivity contribution in [1.82, 2.24) is 9.88 Å². The van der Waals surface area contributed by atoms with Crippen LogP contribution < -0.4 is 0 Å². The molecule has 0 fully saturated rings. The predicted molar refractivity (Wildman–Crippen MR) is 62.1 cm³/mol. The maximum atomic E-state index is 12.7. The van der Waals surface area contributed by atoms with Gasteiger partial charge in [-0.05, 0) is 32.5 Å². The molecule has 0 bridgehead atoms. The van der Waals surface area contributed by atoms with Gasteiger partial charge in [-0.3, -0.25) is 14.7 Å². The Kier molecular flexibility index (Phi) is 4.57. The van der Waals surface area contributed by atoms with Crippen LogP contribution in [-0.4, -0.2) is 34.0 Å². The second-order valence-corrected chi connectivity index (χ2v) is 4.01. The summed E-state index contributed by atoms with van der Waals surface area (Å²) in [5, 5.41) is 9.06. The second-order valence-electron chi connectivity index (χ2n) is 4.01. The molecule has 0 saturated heterocycles. The Bertz CT molecular complexity index is 381. The predicted octanol–water partition coefficient (Wildman–Crippen LogP) is 2.08. The van der Waals surface area contributed by atoms with Gasteiger partial charge < -0.3 is 5.11 Å². The summed E-state index contributed by atoms with van der Waals surface area (Å²) in [6.45, 7) is 3.67. The smallest absolute Gasteiger partial charge is 0.320 e. The Morgan fingerprint density at radius 1 is 1.59 bits per heavy atom. The van der Waals surface area contributed by atoms with Crippen LogP contribution in [0, 0.1) is 5.82 Å². The number of rotatable bonds is 5. The molecule has 0 saturated carbocycles. The maximum absolute atomic E-state index is 12.7. The Labute approximate surface area is 100 Å². The van der Waals surface area contributed by atoms with E-state index in [1.165, 1.54) is 6.07 Å². The number of pyridine rings is 1. The van der Waals surface area contributed by atoms with E-state index in [0.29, 0.717) is 12.1 Å². The van der Waals surface area contributed by atoms with Crippen molar-refractivity contribution in [2.75, 3.05) is 7.05 Å². The third-order valence-corrected chi connectivity index (χ3v) is 2.95. The molecule has 1 aromatic heterocycles. The monoisotopic (exact) mass is 240 g/mol. The van der Waals surface area contributed by atoms with E-state index in [2.05, 4.69) is 4.98 Å². The van der Waals surface area contributed by atoms with Crippen molar-refractivity contribution in [3.8, 4) is 0 Å². The van der Waals surface area contributed by atoms with Crippen molar-refractivity contribution in [2.24, 2.45) is 0 Å². The fraction of sp³-hybridized carbons (Fsp3) is 0.500. The third-order valence-electron chi connectivity index (χ3n) is 2.95. The molecular weight excluding hydrogens is 223 g/mol. The number of nitrogens with zero attached hydrogens (tertiary/aromatic N) is 2. The Hall–Kier alpha value is -1.49. The number of hydrogen-bond acceptors (Lipinski definition) is 3. The molecule has 0 aliphatic carbocycles. The van der Waals surface area contributed by atoms with E-state index in [0.717, 1.165) is 6.20 Å². The van der Waals surface area contributed by atoms with E-state index >= 15 is 0 Å². The largest absolute Gasteiger partial charge is 0.480 e. The van der Waals surface area contributed by atoms with E-state index in [1.54, 1.807) is 18.0 Å². The number of carboxylic acids is 1. The summed E-state index contributed by atoms with van der Waals surface area (Å²) in [6.07, 6.45) is 1.65. The van der Waals surface area contributed by atoms with Gasteiger partial charge >= 0.3 is 5.97 Å². The topological polar surface area (TPSA) is 53.4 Å². The fourth-order valence-corrected chi connectivity index (χ4v) is 1.75. The molecule has 4 nitrogen and oxygen atoms in total. The average Bonchev–Trinajstić information content (AvgIpc) is 2.29. The van der Waals surface area contributed by atoms with Gasteiger partial charge in [0.1, 0.15) is 11.9 Å². The van der Waals surface area contributed by atoms with Gasteiger partial charge in [-0.15, -0.1) is 0 Å². The van der Waals surface area contributed by atoms with E-state index in [1.807, 2.05) is 13.8 Å². The highest BCUT2D eigenvalue weighted by Gasteiger charge is 2.25.